The van der Waals surface area contributed by atoms with Crippen LogP contribution in [-0.4, -0.2) is 12.0 Å². The van der Waals surface area contributed by atoms with Crippen LogP contribution in [0.3, 0.4) is 0 Å². The quantitative estimate of drug-likeness (QED) is 0.772. The van der Waals surface area contributed by atoms with Gasteiger partial charge >= 0.3 is 0 Å². The molecule has 0 amide bonds. The number of hydrogen-bond donors (Lipinski definition) is 1. The first kappa shape index (κ1) is 11.0. The zero-order chi connectivity index (χ0) is 10.4. The van der Waals surface area contributed by atoms with Crippen molar-refractivity contribution in [3.8, 4) is 11.8 Å². The Hall–Kier alpha value is -1.04. The number of aromatic nitrogens is 1. The molecule has 1 aromatic heterocycles. The fourth-order valence-electron chi connectivity index (χ4n) is 1.24. The minimum atomic E-state index is 0.179. The zero-order valence-electron chi connectivity index (χ0n) is 8.34. The second-order valence-electron chi connectivity index (χ2n) is 2.87. The molecule has 0 spiro atoms. The van der Waals surface area contributed by atoms with Gasteiger partial charge in [-0.15, -0.1) is 11.8 Å². The summed E-state index contributed by atoms with van der Waals surface area (Å²) in [7, 11) is 1.90. The Morgan fingerprint density at radius 2 is 2.43 bits per heavy atom. The van der Waals surface area contributed by atoms with Crippen LogP contribution in [0.2, 0.25) is 5.02 Å². The molecule has 0 aliphatic rings. The third kappa shape index (κ3) is 2.73. The molecule has 0 aromatic carbocycles. The van der Waals surface area contributed by atoms with Crippen molar-refractivity contribution in [2.24, 2.45) is 0 Å². The smallest absolute Gasteiger partial charge is 0.0637 e. The second kappa shape index (κ2) is 5.64. The summed E-state index contributed by atoms with van der Waals surface area (Å²) in [6.45, 7) is 1.83. The molecule has 0 saturated heterocycles. The lowest BCUT2D eigenvalue weighted by molar-refractivity contribution is 0.611. The van der Waals surface area contributed by atoms with Gasteiger partial charge in [0.1, 0.15) is 0 Å². The van der Waals surface area contributed by atoms with Crippen LogP contribution >= 0.6 is 11.6 Å². The molecule has 1 atom stereocenters. The molecule has 0 radical (unpaired) electrons. The molecule has 1 aromatic rings. The highest BCUT2D eigenvalue weighted by Gasteiger charge is 2.10. The summed E-state index contributed by atoms with van der Waals surface area (Å²) < 4.78 is 0. The van der Waals surface area contributed by atoms with Crippen molar-refractivity contribution < 1.29 is 0 Å². The van der Waals surface area contributed by atoms with E-state index in [1.54, 1.807) is 12.4 Å². The first-order chi connectivity index (χ1) is 6.79. The number of pyridine rings is 1. The van der Waals surface area contributed by atoms with E-state index in [9.17, 15) is 0 Å². The van der Waals surface area contributed by atoms with Gasteiger partial charge in [0.15, 0.2) is 0 Å². The van der Waals surface area contributed by atoms with E-state index in [-0.39, 0.29) is 6.04 Å². The molecule has 1 unspecified atom stereocenters. The van der Waals surface area contributed by atoms with Crippen molar-refractivity contribution in [3.63, 3.8) is 0 Å². The Kier molecular flexibility index (Phi) is 4.45. The lowest BCUT2D eigenvalue weighted by Gasteiger charge is -2.14. The van der Waals surface area contributed by atoms with Crippen LogP contribution in [0.4, 0.5) is 0 Å². The van der Waals surface area contributed by atoms with E-state index in [0.29, 0.717) is 5.02 Å². The van der Waals surface area contributed by atoms with Crippen LogP contribution in [0.25, 0.3) is 0 Å². The average molecular weight is 209 g/mol. The molecular formula is C11H13ClN2. The van der Waals surface area contributed by atoms with Gasteiger partial charge in [0.05, 0.1) is 5.02 Å². The third-order valence-corrected chi connectivity index (χ3v) is 2.33. The highest BCUT2D eigenvalue weighted by molar-refractivity contribution is 6.31. The van der Waals surface area contributed by atoms with Crippen LogP contribution in [0.1, 0.15) is 24.9 Å². The third-order valence-electron chi connectivity index (χ3n) is 2.01. The van der Waals surface area contributed by atoms with Gasteiger partial charge in [-0.25, -0.2) is 0 Å². The van der Waals surface area contributed by atoms with Crippen molar-refractivity contribution in [1.82, 2.24) is 10.3 Å². The van der Waals surface area contributed by atoms with E-state index in [4.69, 9.17) is 11.6 Å². The zero-order valence-corrected chi connectivity index (χ0v) is 9.10. The van der Waals surface area contributed by atoms with Crippen molar-refractivity contribution in [2.45, 2.75) is 19.4 Å². The second-order valence-corrected chi connectivity index (χ2v) is 3.28. The number of nitrogens with one attached hydrogen (secondary N) is 1. The van der Waals surface area contributed by atoms with Gasteiger partial charge < -0.3 is 5.32 Å². The van der Waals surface area contributed by atoms with Crippen LogP contribution < -0.4 is 5.32 Å². The van der Waals surface area contributed by atoms with Crippen LogP contribution in [0.5, 0.6) is 0 Å². The van der Waals surface area contributed by atoms with E-state index < -0.39 is 0 Å². The Labute approximate surface area is 89.7 Å². The fourth-order valence-corrected chi connectivity index (χ4v) is 1.49. The molecule has 0 aliphatic carbocycles. The Morgan fingerprint density at radius 3 is 3.00 bits per heavy atom. The summed E-state index contributed by atoms with van der Waals surface area (Å²) >= 11 is 6.03. The molecule has 74 valence electrons. The summed E-state index contributed by atoms with van der Waals surface area (Å²) in [6.07, 6.45) is 4.16. The Balaban J connectivity index is 2.87. The first-order valence-electron chi connectivity index (χ1n) is 4.46. The molecule has 1 heterocycles. The van der Waals surface area contributed by atoms with Gasteiger partial charge in [-0.3, -0.25) is 4.98 Å². The SMILES string of the molecule is CC#CCC(NC)c1ccncc1Cl. The predicted molar refractivity (Wildman–Crippen MR) is 59.1 cm³/mol. The molecule has 14 heavy (non-hydrogen) atoms. The molecule has 1 rings (SSSR count). The summed E-state index contributed by atoms with van der Waals surface area (Å²) in [5.41, 5.74) is 1.05. The summed E-state index contributed by atoms with van der Waals surface area (Å²) in [5, 5.41) is 3.86. The standard InChI is InChI=1S/C11H13ClN2/c1-3-4-5-11(13-2)9-6-7-14-8-10(9)12/h6-8,11,13H,5H2,1-2H3. The summed E-state index contributed by atoms with van der Waals surface area (Å²) in [6, 6.07) is 2.10. The maximum Gasteiger partial charge on any atom is 0.0637 e. The highest BCUT2D eigenvalue weighted by atomic mass is 35.5. The van der Waals surface area contributed by atoms with Gasteiger partial charge in [0, 0.05) is 24.9 Å². The van der Waals surface area contributed by atoms with Crippen LogP contribution in [0, 0.1) is 11.8 Å². The molecule has 1 N–H and O–H groups in total. The minimum absolute atomic E-state index is 0.179. The Bertz CT molecular complexity index is 352. The topological polar surface area (TPSA) is 24.9 Å². The molecule has 0 fully saturated rings. The number of hydrogen-bond acceptors (Lipinski definition) is 2. The normalized spacial score (nSPS) is 11.6. The predicted octanol–water partition coefficient (Wildman–Crippen LogP) is 2.41. The lowest BCUT2D eigenvalue weighted by Crippen LogP contribution is -2.16. The van der Waals surface area contributed by atoms with Crippen molar-refractivity contribution in [1.29, 1.82) is 0 Å². The molecule has 0 bridgehead atoms. The van der Waals surface area contributed by atoms with Gasteiger partial charge in [-0.1, -0.05) is 11.6 Å². The first-order valence-corrected chi connectivity index (χ1v) is 4.83. The molecule has 2 nitrogen and oxygen atoms in total. The maximum atomic E-state index is 6.03. The number of nitrogens with zero attached hydrogens (tertiary/aromatic N) is 1. The Morgan fingerprint density at radius 1 is 1.64 bits per heavy atom. The summed E-state index contributed by atoms with van der Waals surface area (Å²) in [4.78, 5) is 3.95. The van der Waals surface area contributed by atoms with E-state index in [1.807, 2.05) is 20.0 Å². The van der Waals surface area contributed by atoms with Gasteiger partial charge in [0.2, 0.25) is 0 Å². The molecule has 3 heteroatoms. The average Bonchev–Trinajstić information content (AvgIpc) is 2.21. The summed E-state index contributed by atoms with van der Waals surface area (Å²) in [5.74, 6) is 5.91. The lowest BCUT2D eigenvalue weighted by atomic mass is 10.1. The van der Waals surface area contributed by atoms with Crippen LogP contribution in [0.15, 0.2) is 18.5 Å². The van der Waals surface area contributed by atoms with Gasteiger partial charge in [-0.05, 0) is 25.6 Å². The number of rotatable bonds is 3. The molecule has 0 aliphatic heterocycles. The number of halogens is 1. The van der Waals surface area contributed by atoms with E-state index in [0.717, 1.165) is 12.0 Å². The van der Waals surface area contributed by atoms with Gasteiger partial charge in [-0.2, -0.15) is 0 Å². The minimum Gasteiger partial charge on any atom is -0.312 e. The van der Waals surface area contributed by atoms with Crippen LogP contribution in [-0.2, 0) is 0 Å². The fraction of sp³-hybridized carbons (Fsp3) is 0.364. The van der Waals surface area contributed by atoms with Crippen molar-refractivity contribution in [2.75, 3.05) is 7.05 Å². The van der Waals surface area contributed by atoms with Gasteiger partial charge in [0.25, 0.3) is 0 Å². The molecule has 0 saturated carbocycles. The largest absolute Gasteiger partial charge is 0.312 e. The van der Waals surface area contributed by atoms with E-state index in [2.05, 4.69) is 22.1 Å². The monoisotopic (exact) mass is 208 g/mol. The highest BCUT2D eigenvalue weighted by Crippen LogP contribution is 2.23. The maximum absolute atomic E-state index is 6.03. The van der Waals surface area contributed by atoms with Crippen molar-refractivity contribution >= 4 is 11.6 Å². The van der Waals surface area contributed by atoms with E-state index >= 15 is 0 Å². The molecular weight excluding hydrogens is 196 g/mol. The van der Waals surface area contributed by atoms with Crippen molar-refractivity contribution in [3.05, 3.63) is 29.0 Å². The van der Waals surface area contributed by atoms with E-state index in [1.165, 1.54) is 0 Å².